The van der Waals surface area contributed by atoms with Crippen LogP contribution in [0.2, 0.25) is 0 Å². The first kappa shape index (κ1) is 16.7. The minimum absolute atomic E-state index is 0.0228. The Morgan fingerprint density at radius 1 is 1.27 bits per heavy atom. The fourth-order valence-electron chi connectivity index (χ4n) is 2.98. The molecule has 0 aliphatic carbocycles. The Balaban J connectivity index is 1.68. The van der Waals surface area contributed by atoms with Crippen molar-refractivity contribution in [3.63, 3.8) is 0 Å². The van der Waals surface area contributed by atoms with Crippen molar-refractivity contribution < 1.29 is 14.4 Å². The topological polar surface area (TPSA) is 81.8 Å². The van der Waals surface area contributed by atoms with Crippen LogP contribution in [0.25, 0.3) is 0 Å². The van der Waals surface area contributed by atoms with E-state index in [2.05, 4.69) is 10.6 Å². The number of piperidine rings is 1. The first-order chi connectivity index (χ1) is 10.6. The highest BCUT2D eigenvalue weighted by Crippen LogP contribution is 2.12. The number of nitrogens with one attached hydrogen (secondary N) is 2. The van der Waals surface area contributed by atoms with Gasteiger partial charge in [-0.3, -0.25) is 14.4 Å². The molecule has 124 valence electrons. The first-order valence-corrected chi connectivity index (χ1v) is 8.17. The highest BCUT2D eigenvalue weighted by atomic mass is 16.2. The van der Waals surface area contributed by atoms with Crippen LogP contribution in [-0.4, -0.2) is 73.3 Å². The Morgan fingerprint density at radius 2 is 2.00 bits per heavy atom. The van der Waals surface area contributed by atoms with Crippen LogP contribution in [-0.2, 0) is 14.4 Å². The van der Waals surface area contributed by atoms with Crippen LogP contribution in [0, 0.1) is 5.92 Å². The van der Waals surface area contributed by atoms with Crippen molar-refractivity contribution in [1.82, 2.24) is 20.4 Å². The zero-order valence-electron chi connectivity index (χ0n) is 13.3. The van der Waals surface area contributed by atoms with Gasteiger partial charge in [0, 0.05) is 26.2 Å². The molecule has 2 heterocycles. The summed E-state index contributed by atoms with van der Waals surface area (Å²) < 4.78 is 0. The molecule has 22 heavy (non-hydrogen) atoms. The molecule has 1 atom stereocenters. The van der Waals surface area contributed by atoms with Gasteiger partial charge in [0.1, 0.15) is 6.54 Å². The lowest BCUT2D eigenvalue weighted by atomic mass is 9.96. The minimum atomic E-state index is -0.570. The molecule has 7 heteroatoms. The van der Waals surface area contributed by atoms with Crippen LogP contribution in [0.5, 0.6) is 0 Å². The maximum atomic E-state index is 11.9. The van der Waals surface area contributed by atoms with Gasteiger partial charge in [0.2, 0.25) is 5.91 Å². The predicted octanol–water partition coefficient (Wildman–Crippen LogP) is -0.817. The van der Waals surface area contributed by atoms with E-state index in [4.69, 9.17) is 0 Å². The lowest BCUT2D eigenvalue weighted by Gasteiger charge is -2.32. The summed E-state index contributed by atoms with van der Waals surface area (Å²) in [6.07, 6.45) is 3.35. The van der Waals surface area contributed by atoms with E-state index in [0.717, 1.165) is 19.5 Å². The molecule has 0 aromatic rings. The SMILES string of the molecule is CCN1CCN(CC(=O)NCCC2CCCNC2)C(=O)C1=O. The van der Waals surface area contributed by atoms with E-state index >= 15 is 0 Å². The number of amides is 3. The summed E-state index contributed by atoms with van der Waals surface area (Å²) >= 11 is 0. The van der Waals surface area contributed by atoms with E-state index in [0.29, 0.717) is 32.1 Å². The highest BCUT2D eigenvalue weighted by molar-refractivity contribution is 6.35. The van der Waals surface area contributed by atoms with Gasteiger partial charge < -0.3 is 20.4 Å². The molecule has 0 aromatic carbocycles. The molecule has 1 unspecified atom stereocenters. The molecule has 2 aliphatic heterocycles. The lowest BCUT2D eigenvalue weighted by molar-refractivity contribution is -0.156. The van der Waals surface area contributed by atoms with Crippen molar-refractivity contribution in [3.8, 4) is 0 Å². The Kier molecular flexibility index (Phi) is 6.18. The van der Waals surface area contributed by atoms with E-state index in [1.165, 1.54) is 22.6 Å². The standard InChI is InChI=1S/C15H26N4O3/c1-2-18-8-9-19(15(22)14(18)21)11-13(20)17-7-5-12-4-3-6-16-10-12/h12,16H,2-11H2,1H3,(H,17,20). The predicted molar refractivity (Wildman–Crippen MR) is 82.1 cm³/mol. The third-order valence-electron chi connectivity index (χ3n) is 4.39. The summed E-state index contributed by atoms with van der Waals surface area (Å²) in [6, 6.07) is 0. The first-order valence-electron chi connectivity index (χ1n) is 8.17. The van der Waals surface area contributed by atoms with Crippen molar-refractivity contribution in [1.29, 1.82) is 0 Å². The quantitative estimate of drug-likeness (QED) is 0.628. The summed E-state index contributed by atoms with van der Waals surface area (Å²) in [6.45, 7) is 6.01. The second-order valence-corrected chi connectivity index (χ2v) is 5.96. The average molecular weight is 310 g/mol. The van der Waals surface area contributed by atoms with E-state index in [1.54, 1.807) is 0 Å². The molecule has 2 aliphatic rings. The third-order valence-corrected chi connectivity index (χ3v) is 4.39. The van der Waals surface area contributed by atoms with E-state index < -0.39 is 11.8 Å². The minimum Gasteiger partial charge on any atom is -0.355 e. The van der Waals surface area contributed by atoms with Crippen LogP contribution >= 0.6 is 0 Å². The molecule has 0 spiro atoms. The number of carbonyl (C=O) groups excluding carboxylic acids is 3. The molecule has 0 saturated carbocycles. The van der Waals surface area contributed by atoms with Crippen molar-refractivity contribution in [2.24, 2.45) is 5.92 Å². The van der Waals surface area contributed by atoms with Crippen molar-refractivity contribution >= 4 is 17.7 Å². The summed E-state index contributed by atoms with van der Waals surface area (Å²) in [7, 11) is 0. The average Bonchev–Trinajstić information content (AvgIpc) is 2.53. The molecule has 2 N–H and O–H groups in total. The molecule has 3 amide bonds. The highest BCUT2D eigenvalue weighted by Gasteiger charge is 2.32. The Bertz CT molecular complexity index is 421. The normalized spacial score (nSPS) is 22.9. The largest absolute Gasteiger partial charge is 0.355 e. The summed E-state index contributed by atoms with van der Waals surface area (Å²) in [5.41, 5.74) is 0. The second-order valence-electron chi connectivity index (χ2n) is 5.96. The number of nitrogens with zero attached hydrogens (tertiary/aromatic N) is 2. The molecule has 7 nitrogen and oxygen atoms in total. The Morgan fingerprint density at radius 3 is 2.68 bits per heavy atom. The zero-order valence-corrected chi connectivity index (χ0v) is 13.3. The van der Waals surface area contributed by atoms with Gasteiger partial charge in [-0.05, 0) is 45.2 Å². The number of hydrogen-bond acceptors (Lipinski definition) is 4. The van der Waals surface area contributed by atoms with Gasteiger partial charge in [0.15, 0.2) is 0 Å². The smallest absolute Gasteiger partial charge is 0.312 e. The number of rotatable bonds is 6. The van der Waals surface area contributed by atoms with Gasteiger partial charge in [-0.25, -0.2) is 0 Å². The second kappa shape index (κ2) is 8.12. The van der Waals surface area contributed by atoms with Gasteiger partial charge in [0.25, 0.3) is 0 Å². The fourth-order valence-corrected chi connectivity index (χ4v) is 2.98. The van der Waals surface area contributed by atoms with Gasteiger partial charge in [0.05, 0.1) is 0 Å². The molecule has 2 saturated heterocycles. The lowest BCUT2D eigenvalue weighted by Crippen LogP contribution is -2.56. The summed E-state index contributed by atoms with van der Waals surface area (Å²) in [4.78, 5) is 38.4. The summed E-state index contributed by atoms with van der Waals surface area (Å²) in [5.74, 6) is -0.644. The maximum Gasteiger partial charge on any atom is 0.312 e. The van der Waals surface area contributed by atoms with Gasteiger partial charge in [-0.2, -0.15) is 0 Å². The van der Waals surface area contributed by atoms with E-state index in [9.17, 15) is 14.4 Å². The number of likely N-dealkylation sites (N-methyl/N-ethyl adjacent to an activating group) is 1. The molecule has 2 fully saturated rings. The van der Waals surface area contributed by atoms with Crippen molar-refractivity contribution in [2.45, 2.75) is 26.2 Å². The van der Waals surface area contributed by atoms with Crippen molar-refractivity contribution in [2.75, 3.05) is 45.8 Å². The van der Waals surface area contributed by atoms with Crippen LogP contribution in [0.3, 0.4) is 0 Å². The monoisotopic (exact) mass is 310 g/mol. The molecular formula is C15H26N4O3. The van der Waals surface area contributed by atoms with E-state index in [1.807, 2.05) is 6.92 Å². The molecule has 0 aromatic heterocycles. The molecule has 2 rings (SSSR count). The molecular weight excluding hydrogens is 284 g/mol. The van der Waals surface area contributed by atoms with Crippen LogP contribution < -0.4 is 10.6 Å². The van der Waals surface area contributed by atoms with Gasteiger partial charge in [-0.1, -0.05) is 0 Å². The van der Waals surface area contributed by atoms with Gasteiger partial charge >= 0.3 is 11.8 Å². The van der Waals surface area contributed by atoms with Crippen LogP contribution in [0.1, 0.15) is 26.2 Å². The number of hydrogen-bond donors (Lipinski definition) is 2. The third kappa shape index (κ3) is 4.43. The number of piperazine rings is 1. The summed E-state index contributed by atoms with van der Waals surface area (Å²) in [5, 5.41) is 6.20. The van der Waals surface area contributed by atoms with Crippen molar-refractivity contribution in [3.05, 3.63) is 0 Å². The maximum absolute atomic E-state index is 11.9. The Labute approximate surface area is 131 Å². The Hall–Kier alpha value is -1.63. The molecule has 0 bridgehead atoms. The number of carbonyl (C=O) groups is 3. The fraction of sp³-hybridized carbons (Fsp3) is 0.800. The van der Waals surface area contributed by atoms with Crippen LogP contribution in [0.4, 0.5) is 0 Å². The van der Waals surface area contributed by atoms with E-state index in [-0.39, 0.29) is 12.5 Å². The zero-order chi connectivity index (χ0) is 15.9. The van der Waals surface area contributed by atoms with Crippen LogP contribution in [0.15, 0.2) is 0 Å². The van der Waals surface area contributed by atoms with Gasteiger partial charge in [-0.15, -0.1) is 0 Å². The molecule has 0 radical (unpaired) electrons.